The maximum absolute atomic E-state index is 12.0. The van der Waals surface area contributed by atoms with E-state index in [1.807, 2.05) is 6.08 Å². The van der Waals surface area contributed by atoms with Crippen molar-refractivity contribution in [2.45, 2.75) is 52.2 Å². The highest BCUT2D eigenvalue weighted by atomic mass is 16.6. The van der Waals surface area contributed by atoms with Gasteiger partial charge >= 0.3 is 17.9 Å². The molecular formula is C19H24O6. The Bertz CT molecular complexity index is 663. The van der Waals surface area contributed by atoms with Gasteiger partial charge in [0.2, 0.25) is 0 Å². The molecule has 6 nitrogen and oxygen atoms in total. The molecule has 3 rings (SSSR count). The van der Waals surface area contributed by atoms with Crippen molar-refractivity contribution in [3.05, 3.63) is 23.8 Å². The third-order valence-electron chi connectivity index (χ3n) is 5.86. The molecule has 136 valence electrons. The first-order valence-electron chi connectivity index (χ1n) is 8.63. The van der Waals surface area contributed by atoms with Crippen LogP contribution in [0.25, 0.3) is 0 Å². The predicted octanol–water partition coefficient (Wildman–Crippen LogP) is 2.33. The lowest BCUT2D eigenvalue weighted by atomic mass is 9.55. The van der Waals surface area contributed by atoms with Gasteiger partial charge in [-0.05, 0) is 18.4 Å². The largest absolute Gasteiger partial charge is 0.462 e. The van der Waals surface area contributed by atoms with Gasteiger partial charge in [-0.1, -0.05) is 19.6 Å². The summed E-state index contributed by atoms with van der Waals surface area (Å²) in [4.78, 5) is 34.8. The van der Waals surface area contributed by atoms with Crippen LogP contribution in [-0.4, -0.2) is 36.7 Å². The number of hydrogen-bond donors (Lipinski definition) is 0. The number of ether oxygens (including phenoxy) is 3. The van der Waals surface area contributed by atoms with E-state index >= 15 is 0 Å². The van der Waals surface area contributed by atoms with Crippen molar-refractivity contribution >= 4 is 17.9 Å². The zero-order valence-corrected chi connectivity index (χ0v) is 14.9. The summed E-state index contributed by atoms with van der Waals surface area (Å²) < 4.78 is 16.4. The zero-order chi connectivity index (χ0) is 18.4. The van der Waals surface area contributed by atoms with Crippen LogP contribution in [0.4, 0.5) is 0 Å². The lowest BCUT2D eigenvalue weighted by Crippen LogP contribution is -2.54. The molecule has 1 saturated heterocycles. The molecule has 1 aliphatic heterocycles. The molecule has 0 aromatic carbocycles. The molecule has 3 aliphatic rings. The van der Waals surface area contributed by atoms with E-state index in [0.717, 1.165) is 18.4 Å². The summed E-state index contributed by atoms with van der Waals surface area (Å²) in [5, 5.41) is 0. The summed E-state index contributed by atoms with van der Waals surface area (Å²) in [7, 11) is 0. The fourth-order valence-electron chi connectivity index (χ4n) is 4.63. The SMILES string of the molecule is C=C1C(=O)O[C@@H]2[C@H]3C(COC(C)=O)=CC[C@H](OC(C)=O)[C@]3(C)CC[C@@H]12. The standard InChI is InChI=1S/C19H24O6/c1-10-14-7-8-19(4)15(24-12(3)21)6-5-13(9-23-11(2)20)16(19)17(14)25-18(10)22/h5,14-17H,1,6-9H2,2-4H3/t14-,15-,16+,17-,19-/m0/s1. The van der Waals surface area contributed by atoms with Gasteiger partial charge in [0.05, 0.1) is 0 Å². The molecule has 0 amide bonds. The van der Waals surface area contributed by atoms with Gasteiger partial charge in [-0.15, -0.1) is 0 Å². The monoisotopic (exact) mass is 348 g/mol. The first-order valence-corrected chi connectivity index (χ1v) is 8.63. The number of esters is 3. The van der Waals surface area contributed by atoms with Crippen LogP contribution in [0.3, 0.4) is 0 Å². The van der Waals surface area contributed by atoms with E-state index in [9.17, 15) is 14.4 Å². The van der Waals surface area contributed by atoms with Gasteiger partial charge in [-0.2, -0.15) is 0 Å². The van der Waals surface area contributed by atoms with Gasteiger partial charge in [0.1, 0.15) is 18.8 Å². The number of hydrogen-bond acceptors (Lipinski definition) is 6. The third-order valence-corrected chi connectivity index (χ3v) is 5.86. The maximum Gasteiger partial charge on any atom is 0.334 e. The van der Waals surface area contributed by atoms with Crippen molar-refractivity contribution in [3.8, 4) is 0 Å². The van der Waals surface area contributed by atoms with Gasteiger partial charge in [0, 0.05) is 43.1 Å². The molecule has 0 bridgehead atoms. The van der Waals surface area contributed by atoms with Crippen LogP contribution in [0, 0.1) is 17.3 Å². The van der Waals surface area contributed by atoms with Crippen LogP contribution in [0.15, 0.2) is 23.8 Å². The van der Waals surface area contributed by atoms with Crippen LogP contribution in [0.2, 0.25) is 0 Å². The summed E-state index contributed by atoms with van der Waals surface area (Å²) in [6, 6.07) is 0. The fourth-order valence-corrected chi connectivity index (χ4v) is 4.63. The van der Waals surface area contributed by atoms with Crippen molar-refractivity contribution in [1.29, 1.82) is 0 Å². The molecule has 1 saturated carbocycles. The highest BCUT2D eigenvalue weighted by Gasteiger charge is 2.59. The van der Waals surface area contributed by atoms with Crippen molar-refractivity contribution in [2.24, 2.45) is 17.3 Å². The van der Waals surface area contributed by atoms with E-state index in [-0.39, 0.29) is 54.0 Å². The molecular weight excluding hydrogens is 324 g/mol. The van der Waals surface area contributed by atoms with Gasteiger partial charge in [-0.3, -0.25) is 9.59 Å². The molecule has 0 spiro atoms. The van der Waals surface area contributed by atoms with Crippen LogP contribution in [0.1, 0.15) is 40.0 Å². The van der Waals surface area contributed by atoms with Crippen LogP contribution in [-0.2, 0) is 28.6 Å². The van der Waals surface area contributed by atoms with Crippen molar-refractivity contribution in [1.82, 2.24) is 0 Å². The second kappa shape index (κ2) is 6.32. The molecule has 25 heavy (non-hydrogen) atoms. The Balaban J connectivity index is 1.97. The summed E-state index contributed by atoms with van der Waals surface area (Å²) in [6.45, 7) is 8.88. The average Bonchev–Trinajstić information content (AvgIpc) is 2.81. The Labute approximate surface area is 147 Å². The maximum atomic E-state index is 12.0. The summed E-state index contributed by atoms with van der Waals surface area (Å²) in [6.07, 6.45) is 3.43. The van der Waals surface area contributed by atoms with Crippen LogP contribution < -0.4 is 0 Å². The Hall–Kier alpha value is -2.11. The van der Waals surface area contributed by atoms with Crippen molar-refractivity contribution in [3.63, 3.8) is 0 Å². The number of carbonyl (C=O) groups excluding carboxylic acids is 3. The smallest absolute Gasteiger partial charge is 0.334 e. The highest BCUT2D eigenvalue weighted by Crippen LogP contribution is 2.57. The quantitative estimate of drug-likeness (QED) is 0.337. The van der Waals surface area contributed by atoms with E-state index in [4.69, 9.17) is 14.2 Å². The number of fused-ring (bicyclic) bond motifs is 3. The van der Waals surface area contributed by atoms with Crippen molar-refractivity contribution < 1.29 is 28.6 Å². The number of rotatable bonds is 3. The van der Waals surface area contributed by atoms with E-state index in [0.29, 0.717) is 12.0 Å². The molecule has 2 aliphatic carbocycles. The first-order chi connectivity index (χ1) is 11.7. The highest BCUT2D eigenvalue weighted by molar-refractivity contribution is 5.91. The van der Waals surface area contributed by atoms with Gasteiger partial charge < -0.3 is 14.2 Å². The average molecular weight is 348 g/mol. The predicted molar refractivity (Wildman–Crippen MR) is 88.2 cm³/mol. The molecule has 0 aromatic rings. The minimum atomic E-state index is -0.373. The lowest BCUT2D eigenvalue weighted by molar-refractivity contribution is -0.168. The Morgan fingerprint density at radius 2 is 2.08 bits per heavy atom. The Morgan fingerprint density at radius 3 is 2.72 bits per heavy atom. The van der Waals surface area contributed by atoms with Crippen LogP contribution >= 0.6 is 0 Å². The number of carbonyl (C=O) groups is 3. The van der Waals surface area contributed by atoms with Crippen LogP contribution in [0.5, 0.6) is 0 Å². The van der Waals surface area contributed by atoms with E-state index in [2.05, 4.69) is 13.5 Å². The molecule has 0 aromatic heterocycles. The first kappa shape index (κ1) is 17.7. The zero-order valence-electron chi connectivity index (χ0n) is 14.9. The minimum absolute atomic E-state index is 0.0395. The molecule has 0 radical (unpaired) electrons. The van der Waals surface area contributed by atoms with E-state index in [1.54, 1.807) is 0 Å². The summed E-state index contributed by atoms with van der Waals surface area (Å²) >= 11 is 0. The Morgan fingerprint density at radius 1 is 1.36 bits per heavy atom. The molecule has 6 heteroatoms. The molecule has 0 unspecified atom stereocenters. The normalized spacial score (nSPS) is 36.7. The third kappa shape index (κ3) is 2.98. The lowest BCUT2D eigenvalue weighted by Gasteiger charge is -2.52. The van der Waals surface area contributed by atoms with Gasteiger partial charge in [0.25, 0.3) is 0 Å². The molecule has 0 N–H and O–H groups in total. The minimum Gasteiger partial charge on any atom is -0.462 e. The topological polar surface area (TPSA) is 78.9 Å². The molecule has 5 atom stereocenters. The summed E-state index contributed by atoms with van der Waals surface area (Å²) in [5.74, 6) is -1.24. The van der Waals surface area contributed by atoms with Gasteiger partial charge in [0.15, 0.2) is 0 Å². The fraction of sp³-hybridized carbons (Fsp3) is 0.632. The molecule has 2 fully saturated rings. The Kier molecular flexibility index (Phi) is 4.47. The second-order valence-electron chi connectivity index (χ2n) is 7.42. The van der Waals surface area contributed by atoms with E-state index in [1.165, 1.54) is 13.8 Å². The summed E-state index contributed by atoms with van der Waals surface area (Å²) in [5.41, 5.74) is 1.06. The molecule has 1 heterocycles. The van der Waals surface area contributed by atoms with Crippen molar-refractivity contribution in [2.75, 3.05) is 6.61 Å². The van der Waals surface area contributed by atoms with Gasteiger partial charge in [-0.25, -0.2) is 4.79 Å². The second-order valence-corrected chi connectivity index (χ2v) is 7.42. The van der Waals surface area contributed by atoms with E-state index < -0.39 is 0 Å².